The molecule has 1 aliphatic heterocycles. The van der Waals surface area contributed by atoms with Crippen LogP contribution in [0.4, 0.5) is 11.4 Å². The van der Waals surface area contributed by atoms with Crippen molar-refractivity contribution in [2.24, 2.45) is 0 Å². The second-order valence-corrected chi connectivity index (χ2v) is 15.4. The minimum Gasteiger partial charge on any atom is -0.457 e. The molecule has 0 saturated carbocycles. The third-order valence-corrected chi connectivity index (χ3v) is 11.4. The van der Waals surface area contributed by atoms with Gasteiger partial charge in [-0.3, -0.25) is 4.57 Å². The number of pyridine rings is 1. The van der Waals surface area contributed by atoms with E-state index in [-0.39, 0.29) is 10.8 Å². The third-order valence-electron chi connectivity index (χ3n) is 11.4. The molecule has 0 spiro atoms. The van der Waals surface area contributed by atoms with Gasteiger partial charge in [-0.05, 0) is 76.9 Å². The first-order valence-electron chi connectivity index (χ1n) is 19.0. The maximum atomic E-state index is 6.60. The van der Waals surface area contributed by atoms with Crippen LogP contribution in [0.5, 0.6) is 11.5 Å². The Labute approximate surface area is 323 Å². The van der Waals surface area contributed by atoms with Crippen molar-refractivity contribution >= 4 is 33.2 Å². The molecule has 270 valence electrons. The van der Waals surface area contributed by atoms with E-state index in [4.69, 9.17) is 9.72 Å². The maximum Gasteiger partial charge on any atom is 0.137 e. The van der Waals surface area contributed by atoms with Crippen molar-refractivity contribution in [1.29, 1.82) is 0 Å². The van der Waals surface area contributed by atoms with E-state index in [1.165, 1.54) is 27.6 Å². The summed E-state index contributed by atoms with van der Waals surface area (Å²) in [6, 6.07) is 57.9. The Hall–Kier alpha value is -6.59. The molecule has 55 heavy (non-hydrogen) atoms. The van der Waals surface area contributed by atoms with Crippen LogP contribution >= 0.6 is 0 Å². The van der Waals surface area contributed by atoms with Gasteiger partial charge in [0.15, 0.2) is 0 Å². The Bertz CT molecular complexity index is 2660. The van der Waals surface area contributed by atoms with Gasteiger partial charge >= 0.3 is 0 Å². The van der Waals surface area contributed by atoms with E-state index in [0.29, 0.717) is 6.67 Å². The largest absolute Gasteiger partial charge is 0.457 e. The van der Waals surface area contributed by atoms with Gasteiger partial charge in [0.05, 0.1) is 17.7 Å². The molecular weight excluding hydrogens is 673 g/mol. The van der Waals surface area contributed by atoms with Gasteiger partial charge in [-0.25, -0.2) is 4.98 Å². The third kappa shape index (κ3) is 6.32. The average molecular weight is 717 g/mol. The topological polar surface area (TPSA) is 33.5 Å². The quantitative estimate of drug-likeness (QED) is 0.149. The van der Waals surface area contributed by atoms with Crippen LogP contribution in [-0.2, 0) is 10.8 Å². The van der Waals surface area contributed by atoms with Crippen molar-refractivity contribution in [3.05, 3.63) is 205 Å². The first kappa shape index (κ1) is 34.2. The predicted molar refractivity (Wildman–Crippen MR) is 228 cm³/mol. The van der Waals surface area contributed by atoms with Gasteiger partial charge in [0.1, 0.15) is 17.3 Å². The zero-order chi connectivity index (χ0) is 37.6. The van der Waals surface area contributed by atoms with Crippen molar-refractivity contribution in [2.45, 2.75) is 38.5 Å². The van der Waals surface area contributed by atoms with E-state index in [9.17, 15) is 0 Å². The summed E-state index contributed by atoms with van der Waals surface area (Å²) >= 11 is 0. The summed E-state index contributed by atoms with van der Waals surface area (Å²) in [7, 11) is 0. The van der Waals surface area contributed by atoms with Crippen LogP contribution in [0.1, 0.15) is 49.9 Å². The molecule has 0 fully saturated rings. The van der Waals surface area contributed by atoms with E-state index in [1.54, 1.807) is 0 Å². The van der Waals surface area contributed by atoms with E-state index >= 15 is 0 Å². The number of nitrogens with zero attached hydrogens (tertiary/aromatic N) is 4. The molecule has 8 aromatic rings. The number of benzene rings is 6. The molecule has 0 bridgehead atoms. The molecular formula is C50H44N4O. The average Bonchev–Trinajstić information content (AvgIpc) is 3.85. The minimum absolute atomic E-state index is 0.0735. The fourth-order valence-corrected chi connectivity index (χ4v) is 7.92. The Morgan fingerprint density at radius 3 is 1.80 bits per heavy atom. The summed E-state index contributed by atoms with van der Waals surface area (Å²) in [6.45, 7) is 9.82. The molecule has 0 radical (unpaired) electrons. The van der Waals surface area contributed by atoms with Crippen LogP contribution in [0, 0.1) is 0 Å². The van der Waals surface area contributed by atoms with E-state index in [2.05, 4.69) is 212 Å². The van der Waals surface area contributed by atoms with Gasteiger partial charge < -0.3 is 14.5 Å². The number of ether oxygens (including phenoxy) is 1. The molecule has 5 heteroatoms. The van der Waals surface area contributed by atoms with Crippen molar-refractivity contribution in [3.63, 3.8) is 0 Å². The minimum atomic E-state index is -0.192. The number of aromatic nitrogens is 2. The number of hydrogen-bond donors (Lipinski definition) is 0. The van der Waals surface area contributed by atoms with Crippen LogP contribution in [0.25, 0.3) is 27.6 Å². The lowest BCUT2D eigenvalue weighted by atomic mass is 9.78. The second kappa shape index (κ2) is 13.7. The highest BCUT2D eigenvalue weighted by atomic mass is 16.5. The molecule has 5 nitrogen and oxygen atoms in total. The summed E-state index contributed by atoms with van der Waals surface area (Å²) in [5.41, 5.74) is 9.19. The summed E-state index contributed by atoms with van der Waals surface area (Å²) in [4.78, 5) is 9.43. The Morgan fingerprint density at radius 1 is 0.473 bits per heavy atom. The maximum absolute atomic E-state index is 6.60. The molecule has 0 unspecified atom stereocenters. The van der Waals surface area contributed by atoms with Crippen molar-refractivity contribution in [3.8, 4) is 17.3 Å². The molecule has 0 N–H and O–H groups in total. The van der Waals surface area contributed by atoms with Crippen LogP contribution < -0.4 is 14.5 Å². The summed E-state index contributed by atoms with van der Waals surface area (Å²) < 4.78 is 8.87. The zero-order valence-electron chi connectivity index (χ0n) is 31.7. The fraction of sp³-hybridized carbons (Fsp3) is 0.140. The van der Waals surface area contributed by atoms with Crippen molar-refractivity contribution in [1.82, 2.24) is 9.55 Å². The highest BCUT2D eigenvalue weighted by Crippen LogP contribution is 2.38. The molecule has 1 aliphatic rings. The SMILES string of the molecule is CC(C)(c1ccccc1)c1ccc(N2C=CN(c3cccc(Oc4ccc5c6ccccc6n(-c6cc(C(C)(C)c7ccccc7)ccn6)c5c4)c3)C2)cc1. The summed E-state index contributed by atoms with van der Waals surface area (Å²) in [5, 5.41) is 2.34. The number of para-hydroxylation sites is 1. The van der Waals surface area contributed by atoms with Crippen LogP contribution in [0.15, 0.2) is 182 Å². The molecule has 0 saturated heterocycles. The lowest BCUT2D eigenvalue weighted by molar-refractivity contribution is 0.483. The smallest absolute Gasteiger partial charge is 0.137 e. The van der Waals surface area contributed by atoms with Crippen LogP contribution in [-0.4, -0.2) is 16.2 Å². The van der Waals surface area contributed by atoms with E-state index in [1.807, 2.05) is 12.3 Å². The number of hydrogen-bond acceptors (Lipinski definition) is 4. The Balaban J connectivity index is 0.971. The number of fused-ring (bicyclic) bond motifs is 3. The van der Waals surface area contributed by atoms with Crippen molar-refractivity contribution < 1.29 is 4.74 Å². The molecule has 0 aliphatic carbocycles. The number of rotatable bonds is 9. The van der Waals surface area contributed by atoms with Gasteiger partial charge in [0, 0.05) is 63.7 Å². The molecule has 9 rings (SSSR count). The Kier molecular flexibility index (Phi) is 8.50. The lowest BCUT2D eigenvalue weighted by Gasteiger charge is -2.27. The predicted octanol–water partition coefficient (Wildman–Crippen LogP) is 12.4. The fourth-order valence-electron chi connectivity index (χ4n) is 7.92. The van der Waals surface area contributed by atoms with E-state index in [0.717, 1.165) is 45.1 Å². The molecule has 0 amide bonds. The number of anilines is 2. The zero-order valence-corrected chi connectivity index (χ0v) is 31.7. The standard InChI is InChI=1S/C50H44N4O/c1-49(2,36-14-7-5-8-15-36)38-22-24-40(25-23-38)52-30-31-53(35-52)41-18-13-19-42(33-41)55-43-26-27-45-44-20-11-12-21-46(44)54(47(45)34-43)48-32-39(28-29-51-48)50(3,4)37-16-9-6-10-17-37/h5-34H,35H2,1-4H3. The molecule has 3 heterocycles. The monoisotopic (exact) mass is 716 g/mol. The van der Waals surface area contributed by atoms with Gasteiger partial charge in [-0.15, -0.1) is 0 Å². The molecule has 6 aromatic carbocycles. The second-order valence-electron chi connectivity index (χ2n) is 15.4. The normalized spacial score (nSPS) is 13.2. The first-order valence-corrected chi connectivity index (χ1v) is 19.0. The van der Waals surface area contributed by atoms with Gasteiger partial charge in [-0.2, -0.15) is 0 Å². The van der Waals surface area contributed by atoms with Crippen LogP contribution in [0.2, 0.25) is 0 Å². The summed E-state index contributed by atoms with van der Waals surface area (Å²) in [6.07, 6.45) is 6.20. The highest BCUT2D eigenvalue weighted by molar-refractivity contribution is 6.09. The van der Waals surface area contributed by atoms with E-state index < -0.39 is 0 Å². The Morgan fingerprint density at radius 2 is 1.07 bits per heavy atom. The lowest BCUT2D eigenvalue weighted by Crippen LogP contribution is -2.24. The highest BCUT2D eigenvalue weighted by Gasteiger charge is 2.25. The van der Waals surface area contributed by atoms with Crippen molar-refractivity contribution in [2.75, 3.05) is 16.5 Å². The first-order chi connectivity index (χ1) is 26.8. The van der Waals surface area contributed by atoms with Gasteiger partial charge in [0.2, 0.25) is 0 Å². The van der Waals surface area contributed by atoms with Gasteiger partial charge in [0.25, 0.3) is 0 Å². The molecule has 0 atom stereocenters. The molecule has 2 aromatic heterocycles. The van der Waals surface area contributed by atoms with Gasteiger partial charge in [-0.1, -0.05) is 125 Å². The summed E-state index contributed by atoms with van der Waals surface area (Å²) in [5.74, 6) is 2.43. The van der Waals surface area contributed by atoms with Crippen LogP contribution in [0.3, 0.4) is 0 Å².